The van der Waals surface area contributed by atoms with Gasteiger partial charge in [-0.1, -0.05) is 47.5 Å². The zero-order valence-electron chi connectivity index (χ0n) is 15.7. The van der Waals surface area contributed by atoms with Crippen molar-refractivity contribution in [1.82, 2.24) is 10.3 Å². The molecular formula is C21H18Cl2N2O3S2. The van der Waals surface area contributed by atoms with Gasteiger partial charge in [0.25, 0.3) is 5.91 Å². The molecule has 0 spiro atoms. The van der Waals surface area contributed by atoms with Crippen LogP contribution >= 0.6 is 35.0 Å². The van der Waals surface area contributed by atoms with Crippen molar-refractivity contribution in [3.63, 3.8) is 0 Å². The molecule has 0 bridgehead atoms. The van der Waals surface area contributed by atoms with Crippen LogP contribution in [0.2, 0.25) is 10.0 Å². The van der Waals surface area contributed by atoms with Crippen molar-refractivity contribution in [2.75, 3.05) is 11.5 Å². The minimum atomic E-state index is -3.39. The van der Waals surface area contributed by atoms with E-state index in [1.54, 1.807) is 66.9 Å². The number of pyridine rings is 1. The van der Waals surface area contributed by atoms with E-state index in [0.717, 1.165) is 5.56 Å². The molecule has 0 fully saturated rings. The molecule has 0 unspecified atom stereocenters. The van der Waals surface area contributed by atoms with Crippen molar-refractivity contribution >= 4 is 50.7 Å². The second-order valence-electron chi connectivity index (χ2n) is 6.25. The Kier molecular flexibility index (Phi) is 7.77. The average Bonchev–Trinajstić information content (AvgIpc) is 2.74. The number of carbonyl (C=O) groups excluding carboxylic acids is 1. The quantitative estimate of drug-likeness (QED) is 0.464. The molecule has 5 nitrogen and oxygen atoms in total. The third-order valence-electron chi connectivity index (χ3n) is 4.16. The van der Waals surface area contributed by atoms with E-state index in [1.165, 1.54) is 11.8 Å². The van der Waals surface area contributed by atoms with Gasteiger partial charge in [0.1, 0.15) is 5.03 Å². The van der Waals surface area contributed by atoms with Gasteiger partial charge < -0.3 is 5.32 Å². The Labute approximate surface area is 189 Å². The molecule has 9 heteroatoms. The van der Waals surface area contributed by atoms with Crippen LogP contribution in [0.4, 0.5) is 0 Å². The van der Waals surface area contributed by atoms with Gasteiger partial charge in [-0.25, -0.2) is 13.4 Å². The molecule has 0 saturated heterocycles. The Hall–Kier alpha value is -2.06. The first-order chi connectivity index (χ1) is 14.4. The predicted octanol–water partition coefficient (Wildman–Crippen LogP) is 4.88. The van der Waals surface area contributed by atoms with Gasteiger partial charge in [0.05, 0.1) is 16.2 Å². The maximum Gasteiger partial charge on any atom is 0.254 e. The zero-order valence-corrected chi connectivity index (χ0v) is 18.9. The number of hydrogen-bond acceptors (Lipinski definition) is 5. The summed E-state index contributed by atoms with van der Waals surface area (Å²) in [7, 11) is -3.39. The minimum Gasteiger partial charge on any atom is -0.348 e. The van der Waals surface area contributed by atoms with Gasteiger partial charge in [0.15, 0.2) is 9.84 Å². The molecule has 1 heterocycles. The molecule has 1 N–H and O–H groups in total. The summed E-state index contributed by atoms with van der Waals surface area (Å²) in [5.74, 6) is -0.0976. The molecule has 0 aliphatic heterocycles. The molecule has 1 amide bonds. The molecule has 156 valence electrons. The van der Waals surface area contributed by atoms with Gasteiger partial charge >= 0.3 is 0 Å². The van der Waals surface area contributed by atoms with Gasteiger partial charge in [0, 0.05) is 28.5 Å². The fourth-order valence-electron chi connectivity index (χ4n) is 2.61. The summed E-state index contributed by atoms with van der Waals surface area (Å²) in [6, 6.07) is 16.7. The number of amides is 1. The third kappa shape index (κ3) is 5.98. The number of hydrogen-bond donors (Lipinski definition) is 1. The number of benzene rings is 2. The number of rotatable bonds is 8. The number of nitrogens with zero attached hydrogens (tertiary/aromatic N) is 1. The summed E-state index contributed by atoms with van der Waals surface area (Å²) in [5, 5.41) is 4.27. The molecule has 0 aliphatic carbocycles. The van der Waals surface area contributed by atoms with E-state index in [1.807, 2.05) is 0 Å². The normalized spacial score (nSPS) is 11.3. The SMILES string of the molecule is O=C(NCc1ccc(Cl)cc1Cl)c1cccnc1SCCS(=O)(=O)c1ccccc1. The Balaban J connectivity index is 1.63. The van der Waals surface area contributed by atoms with Gasteiger partial charge in [-0.2, -0.15) is 0 Å². The molecule has 2 aromatic carbocycles. The van der Waals surface area contributed by atoms with E-state index in [4.69, 9.17) is 23.2 Å². The van der Waals surface area contributed by atoms with Crippen LogP contribution in [0.3, 0.4) is 0 Å². The zero-order chi connectivity index (χ0) is 21.6. The Morgan fingerprint density at radius 1 is 1.03 bits per heavy atom. The van der Waals surface area contributed by atoms with Crippen LogP contribution in [0.1, 0.15) is 15.9 Å². The Bertz CT molecular complexity index is 1140. The summed E-state index contributed by atoms with van der Waals surface area (Å²) < 4.78 is 24.8. The lowest BCUT2D eigenvalue weighted by molar-refractivity contribution is 0.0947. The molecule has 3 aromatic rings. The summed E-state index contributed by atoms with van der Waals surface area (Å²) >= 11 is 13.3. The highest BCUT2D eigenvalue weighted by atomic mass is 35.5. The van der Waals surface area contributed by atoms with E-state index >= 15 is 0 Å². The number of sulfone groups is 1. The van der Waals surface area contributed by atoms with Crippen molar-refractivity contribution in [3.8, 4) is 0 Å². The topological polar surface area (TPSA) is 76.1 Å². The molecule has 0 saturated carbocycles. The summed E-state index contributed by atoms with van der Waals surface area (Å²) in [4.78, 5) is 17.2. The van der Waals surface area contributed by atoms with E-state index in [9.17, 15) is 13.2 Å². The molecule has 0 aliphatic rings. The van der Waals surface area contributed by atoms with E-state index in [0.29, 0.717) is 20.6 Å². The number of halogens is 2. The Morgan fingerprint density at radius 3 is 2.53 bits per heavy atom. The summed E-state index contributed by atoms with van der Waals surface area (Å²) in [5.41, 5.74) is 1.12. The first kappa shape index (κ1) is 22.6. The van der Waals surface area contributed by atoms with E-state index in [2.05, 4.69) is 10.3 Å². The largest absolute Gasteiger partial charge is 0.348 e. The molecule has 0 atom stereocenters. The third-order valence-corrected chi connectivity index (χ3v) is 7.75. The first-order valence-corrected chi connectivity index (χ1v) is 12.3. The lowest BCUT2D eigenvalue weighted by Gasteiger charge is -2.10. The second kappa shape index (κ2) is 10.3. The highest BCUT2D eigenvalue weighted by Gasteiger charge is 2.17. The van der Waals surface area contributed by atoms with Gasteiger partial charge in [-0.05, 0) is 42.0 Å². The van der Waals surface area contributed by atoms with E-state index < -0.39 is 9.84 Å². The highest BCUT2D eigenvalue weighted by molar-refractivity contribution is 8.00. The minimum absolute atomic E-state index is 0.0559. The molecule has 0 radical (unpaired) electrons. The maximum atomic E-state index is 12.6. The summed E-state index contributed by atoms with van der Waals surface area (Å²) in [6.45, 7) is 0.232. The molecule has 1 aromatic heterocycles. The molecule has 30 heavy (non-hydrogen) atoms. The van der Waals surface area contributed by atoms with Crippen LogP contribution in [0.25, 0.3) is 0 Å². The Morgan fingerprint density at radius 2 is 1.80 bits per heavy atom. The van der Waals surface area contributed by atoms with Crippen molar-refractivity contribution in [1.29, 1.82) is 0 Å². The molecule has 3 rings (SSSR count). The van der Waals surface area contributed by atoms with Crippen LogP contribution in [0.5, 0.6) is 0 Å². The lowest BCUT2D eigenvalue weighted by atomic mass is 10.2. The summed E-state index contributed by atoms with van der Waals surface area (Å²) in [6.07, 6.45) is 1.57. The van der Waals surface area contributed by atoms with Crippen molar-refractivity contribution in [2.45, 2.75) is 16.5 Å². The van der Waals surface area contributed by atoms with Crippen LogP contribution in [-0.4, -0.2) is 30.8 Å². The molecular weight excluding hydrogens is 463 g/mol. The van der Waals surface area contributed by atoms with Gasteiger partial charge in [-0.3, -0.25) is 4.79 Å². The van der Waals surface area contributed by atoms with Crippen molar-refractivity contribution in [2.24, 2.45) is 0 Å². The van der Waals surface area contributed by atoms with E-state index in [-0.39, 0.29) is 28.9 Å². The number of carbonyl (C=O) groups is 1. The predicted molar refractivity (Wildman–Crippen MR) is 121 cm³/mol. The standard InChI is InChI=1S/C21H18Cl2N2O3S2/c22-16-9-8-15(19(23)13-16)14-25-20(26)18-7-4-10-24-21(18)29-11-12-30(27,28)17-5-2-1-3-6-17/h1-10,13H,11-12,14H2,(H,25,26). The lowest BCUT2D eigenvalue weighted by Crippen LogP contribution is -2.24. The number of aromatic nitrogens is 1. The van der Waals surface area contributed by atoms with Crippen LogP contribution in [0, 0.1) is 0 Å². The van der Waals surface area contributed by atoms with Crippen molar-refractivity contribution in [3.05, 3.63) is 88.0 Å². The monoisotopic (exact) mass is 480 g/mol. The van der Waals surface area contributed by atoms with Crippen LogP contribution in [0.15, 0.2) is 76.8 Å². The van der Waals surface area contributed by atoms with Gasteiger partial charge in [0.2, 0.25) is 0 Å². The van der Waals surface area contributed by atoms with Crippen LogP contribution in [-0.2, 0) is 16.4 Å². The fraction of sp³-hybridized carbons (Fsp3) is 0.143. The first-order valence-electron chi connectivity index (χ1n) is 8.94. The van der Waals surface area contributed by atoms with Gasteiger partial charge in [-0.15, -0.1) is 11.8 Å². The number of nitrogens with one attached hydrogen (secondary N) is 1. The maximum absolute atomic E-state index is 12.6. The fourth-order valence-corrected chi connectivity index (χ4v) is 5.75. The smallest absolute Gasteiger partial charge is 0.254 e. The second-order valence-corrected chi connectivity index (χ2v) is 10.3. The van der Waals surface area contributed by atoms with Crippen LogP contribution < -0.4 is 5.32 Å². The average molecular weight is 481 g/mol. The number of thioether (sulfide) groups is 1. The van der Waals surface area contributed by atoms with Crippen molar-refractivity contribution < 1.29 is 13.2 Å². The highest BCUT2D eigenvalue weighted by Crippen LogP contribution is 2.23.